The molecule has 1 amide bonds. The summed E-state index contributed by atoms with van der Waals surface area (Å²) >= 11 is 1.54. The quantitative estimate of drug-likeness (QED) is 0.560. The summed E-state index contributed by atoms with van der Waals surface area (Å²) in [4.78, 5) is 17.3. The molecule has 0 aliphatic rings. The Kier molecular flexibility index (Phi) is 4.52. The number of nitrogens with one attached hydrogen (secondary N) is 1. The minimum absolute atomic E-state index is 0.205. The molecular weight excluding hydrogens is 362 g/mol. The SMILES string of the molecule is COc1cc(NC(=O)c2ccc3nc(-n4cccc4)sc3c2)cc(OC)c1. The zero-order chi connectivity index (χ0) is 18.8. The lowest BCUT2D eigenvalue weighted by atomic mass is 10.2. The first-order chi connectivity index (χ1) is 13.2. The number of carbonyl (C=O) groups excluding carboxylic acids is 1. The van der Waals surface area contributed by atoms with Crippen molar-refractivity contribution in [2.75, 3.05) is 19.5 Å². The summed E-state index contributed by atoms with van der Waals surface area (Å²) < 4.78 is 13.4. The summed E-state index contributed by atoms with van der Waals surface area (Å²) in [6.07, 6.45) is 3.89. The Morgan fingerprint density at radius 2 is 1.74 bits per heavy atom. The number of anilines is 1. The van der Waals surface area contributed by atoms with Crippen LogP contribution in [-0.4, -0.2) is 29.7 Å². The van der Waals surface area contributed by atoms with E-state index >= 15 is 0 Å². The van der Waals surface area contributed by atoms with Crippen LogP contribution in [0.2, 0.25) is 0 Å². The van der Waals surface area contributed by atoms with Gasteiger partial charge in [0.1, 0.15) is 11.5 Å². The standard InChI is InChI=1S/C20H17N3O3S/c1-25-15-10-14(11-16(12-15)26-2)21-19(24)13-5-6-17-18(9-13)27-20(22-17)23-7-3-4-8-23/h3-12H,1-2H3,(H,21,24). The van der Waals surface area contributed by atoms with Crippen LogP contribution >= 0.6 is 11.3 Å². The van der Waals surface area contributed by atoms with Crippen LogP contribution in [0.1, 0.15) is 10.4 Å². The first-order valence-corrected chi connectivity index (χ1v) is 9.06. The molecule has 0 fully saturated rings. The van der Waals surface area contributed by atoms with Crippen molar-refractivity contribution in [2.45, 2.75) is 0 Å². The molecule has 0 aliphatic heterocycles. The number of amides is 1. The average Bonchev–Trinajstić information content (AvgIpc) is 3.36. The maximum atomic E-state index is 12.7. The Hall–Kier alpha value is -3.32. The second-order valence-corrected chi connectivity index (χ2v) is 6.83. The van der Waals surface area contributed by atoms with Gasteiger partial charge in [0.2, 0.25) is 0 Å². The van der Waals surface area contributed by atoms with Crippen molar-refractivity contribution in [1.29, 1.82) is 0 Å². The summed E-state index contributed by atoms with van der Waals surface area (Å²) in [5, 5.41) is 3.75. The molecule has 0 aliphatic carbocycles. The van der Waals surface area contributed by atoms with E-state index in [2.05, 4.69) is 10.3 Å². The Bertz CT molecular complexity index is 1080. The van der Waals surface area contributed by atoms with Crippen LogP contribution in [0, 0.1) is 0 Å². The van der Waals surface area contributed by atoms with Crippen molar-refractivity contribution >= 4 is 33.1 Å². The largest absolute Gasteiger partial charge is 0.497 e. The lowest BCUT2D eigenvalue weighted by Gasteiger charge is -2.10. The molecule has 136 valence electrons. The number of aromatic nitrogens is 2. The maximum absolute atomic E-state index is 12.7. The van der Waals surface area contributed by atoms with E-state index in [1.54, 1.807) is 38.5 Å². The van der Waals surface area contributed by atoms with Gasteiger partial charge in [0.05, 0.1) is 24.4 Å². The highest BCUT2D eigenvalue weighted by Crippen LogP contribution is 2.28. The third-order valence-electron chi connectivity index (χ3n) is 4.07. The van der Waals surface area contributed by atoms with E-state index < -0.39 is 0 Å². The van der Waals surface area contributed by atoms with Gasteiger partial charge >= 0.3 is 0 Å². The fourth-order valence-electron chi connectivity index (χ4n) is 2.71. The molecule has 0 radical (unpaired) electrons. The van der Waals surface area contributed by atoms with E-state index in [1.165, 1.54) is 11.3 Å². The molecule has 4 aromatic rings. The van der Waals surface area contributed by atoms with E-state index in [9.17, 15) is 4.79 Å². The van der Waals surface area contributed by atoms with E-state index in [0.717, 1.165) is 15.3 Å². The predicted octanol–water partition coefficient (Wildman–Crippen LogP) is 4.36. The van der Waals surface area contributed by atoms with Crippen LogP contribution < -0.4 is 14.8 Å². The number of benzene rings is 2. The Labute approximate surface area is 160 Å². The smallest absolute Gasteiger partial charge is 0.255 e. The molecule has 0 spiro atoms. The van der Waals surface area contributed by atoms with Gasteiger partial charge in [-0.3, -0.25) is 4.79 Å². The molecule has 2 aromatic carbocycles. The van der Waals surface area contributed by atoms with E-state index in [0.29, 0.717) is 22.7 Å². The van der Waals surface area contributed by atoms with Gasteiger partial charge in [-0.15, -0.1) is 0 Å². The van der Waals surface area contributed by atoms with Crippen molar-refractivity contribution in [2.24, 2.45) is 0 Å². The molecule has 1 N–H and O–H groups in total. The lowest BCUT2D eigenvalue weighted by Crippen LogP contribution is -2.11. The van der Waals surface area contributed by atoms with Crippen molar-refractivity contribution in [3.8, 4) is 16.6 Å². The second-order valence-electron chi connectivity index (χ2n) is 5.82. The van der Waals surface area contributed by atoms with E-state index in [1.807, 2.05) is 41.2 Å². The van der Waals surface area contributed by atoms with Gasteiger partial charge in [-0.25, -0.2) is 4.98 Å². The molecular formula is C20H17N3O3S. The molecule has 6 nitrogen and oxygen atoms in total. The van der Waals surface area contributed by atoms with Gasteiger partial charge in [0.25, 0.3) is 5.91 Å². The topological polar surface area (TPSA) is 65.4 Å². The third kappa shape index (κ3) is 3.50. The Morgan fingerprint density at radius 1 is 1.04 bits per heavy atom. The van der Waals surface area contributed by atoms with Gasteiger partial charge in [-0.1, -0.05) is 11.3 Å². The minimum Gasteiger partial charge on any atom is -0.497 e. The molecule has 7 heteroatoms. The van der Waals surface area contributed by atoms with Crippen LogP contribution in [0.3, 0.4) is 0 Å². The zero-order valence-electron chi connectivity index (χ0n) is 14.8. The van der Waals surface area contributed by atoms with Gasteiger partial charge in [-0.05, 0) is 30.3 Å². The van der Waals surface area contributed by atoms with Crippen molar-refractivity contribution in [1.82, 2.24) is 9.55 Å². The summed E-state index contributed by atoms with van der Waals surface area (Å²) in [6, 6.07) is 14.6. The lowest BCUT2D eigenvalue weighted by molar-refractivity contribution is 0.102. The number of rotatable bonds is 5. The van der Waals surface area contributed by atoms with E-state index in [4.69, 9.17) is 9.47 Å². The molecule has 0 saturated heterocycles. The summed E-state index contributed by atoms with van der Waals surface area (Å²) in [5.74, 6) is 1.01. The monoisotopic (exact) mass is 379 g/mol. The van der Waals surface area contributed by atoms with Crippen molar-refractivity contribution in [3.63, 3.8) is 0 Å². The highest BCUT2D eigenvalue weighted by atomic mass is 32.1. The third-order valence-corrected chi connectivity index (χ3v) is 5.11. The molecule has 0 bridgehead atoms. The predicted molar refractivity (Wildman–Crippen MR) is 106 cm³/mol. The molecule has 2 heterocycles. The average molecular weight is 379 g/mol. The Morgan fingerprint density at radius 3 is 2.41 bits per heavy atom. The zero-order valence-corrected chi connectivity index (χ0v) is 15.6. The van der Waals surface area contributed by atoms with Crippen molar-refractivity contribution in [3.05, 3.63) is 66.5 Å². The summed E-state index contributed by atoms with van der Waals surface area (Å²) in [6.45, 7) is 0. The van der Waals surface area contributed by atoms with Crippen LogP contribution in [0.4, 0.5) is 5.69 Å². The first kappa shape index (κ1) is 17.1. The molecule has 0 unspecified atom stereocenters. The molecule has 27 heavy (non-hydrogen) atoms. The van der Waals surface area contributed by atoms with Crippen molar-refractivity contribution < 1.29 is 14.3 Å². The van der Waals surface area contributed by atoms with Crippen LogP contribution in [-0.2, 0) is 0 Å². The van der Waals surface area contributed by atoms with Crippen LogP contribution in [0.5, 0.6) is 11.5 Å². The maximum Gasteiger partial charge on any atom is 0.255 e. The molecule has 0 saturated carbocycles. The molecule has 2 aromatic heterocycles. The van der Waals surface area contributed by atoms with Crippen LogP contribution in [0.25, 0.3) is 15.3 Å². The fraction of sp³-hybridized carbons (Fsp3) is 0.100. The summed E-state index contributed by atoms with van der Waals surface area (Å²) in [5.41, 5.74) is 2.03. The van der Waals surface area contributed by atoms with Gasteiger partial charge < -0.3 is 19.4 Å². The molecule has 4 rings (SSSR count). The van der Waals surface area contributed by atoms with E-state index in [-0.39, 0.29) is 5.91 Å². The Balaban J connectivity index is 1.61. The highest BCUT2D eigenvalue weighted by molar-refractivity contribution is 7.20. The number of carbonyl (C=O) groups is 1. The van der Waals surface area contributed by atoms with Gasteiger partial charge in [-0.2, -0.15) is 0 Å². The number of fused-ring (bicyclic) bond motifs is 1. The number of hydrogen-bond donors (Lipinski definition) is 1. The minimum atomic E-state index is -0.205. The normalized spacial score (nSPS) is 10.7. The number of methoxy groups -OCH3 is 2. The van der Waals surface area contributed by atoms with Gasteiger partial charge in [0.15, 0.2) is 5.13 Å². The second kappa shape index (κ2) is 7.13. The number of nitrogens with zero attached hydrogens (tertiary/aromatic N) is 2. The van der Waals surface area contributed by atoms with Gasteiger partial charge in [0, 0.05) is 41.8 Å². The van der Waals surface area contributed by atoms with Crippen LogP contribution in [0.15, 0.2) is 60.9 Å². The number of hydrogen-bond acceptors (Lipinski definition) is 5. The first-order valence-electron chi connectivity index (χ1n) is 8.24. The highest BCUT2D eigenvalue weighted by Gasteiger charge is 2.12. The summed E-state index contributed by atoms with van der Waals surface area (Å²) in [7, 11) is 3.14. The number of thiazole rings is 1. The fourth-order valence-corrected chi connectivity index (χ4v) is 3.68. The number of ether oxygens (including phenoxy) is 2. The molecule has 0 atom stereocenters.